The zero-order valence-corrected chi connectivity index (χ0v) is 6.28. The smallest absolute Gasteiger partial charge is 0.322 e. The van der Waals surface area contributed by atoms with Crippen LogP contribution in [-0.4, -0.2) is 11.6 Å². The first-order valence-electron chi connectivity index (χ1n) is 2.87. The van der Waals surface area contributed by atoms with Crippen LogP contribution in [-0.2, 0) is 9.63 Å². The van der Waals surface area contributed by atoms with Gasteiger partial charge in [-0.3, -0.25) is 4.79 Å². The highest BCUT2D eigenvalue weighted by molar-refractivity contribution is 5.37. The molecule has 0 aliphatic rings. The molecule has 5 heteroatoms. The van der Waals surface area contributed by atoms with Gasteiger partial charge in [0.15, 0.2) is 0 Å². The van der Waals surface area contributed by atoms with Crippen molar-refractivity contribution in [2.24, 2.45) is 11.6 Å². The number of nitrogens with two attached hydrogens (primary N) is 2. The molecule has 4 N–H and O–H groups in total. The number of hydroxylamine groups is 1. The molecule has 0 bridgehead atoms. The van der Waals surface area contributed by atoms with Crippen molar-refractivity contribution in [3.05, 3.63) is 24.0 Å². The van der Waals surface area contributed by atoms with Gasteiger partial charge < -0.3 is 10.6 Å². The Balaban J connectivity index is 4.38. The number of hydrazine groups is 1. The molecule has 0 heterocycles. The van der Waals surface area contributed by atoms with Gasteiger partial charge in [0.2, 0.25) is 0 Å². The summed E-state index contributed by atoms with van der Waals surface area (Å²) in [7, 11) is 0. The highest BCUT2D eigenvalue weighted by Gasteiger charge is 2.03. The molecule has 0 unspecified atom stereocenters. The van der Waals surface area contributed by atoms with E-state index in [9.17, 15) is 4.79 Å². The number of allylic oxidation sites excluding steroid dienone is 2. The van der Waals surface area contributed by atoms with Crippen molar-refractivity contribution in [3.63, 3.8) is 0 Å². The van der Waals surface area contributed by atoms with Crippen molar-refractivity contribution >= 4 is 6.47 Å². The summed E-state index contributed by atoms with van der Waals surface area (Å²) in [5, 5.41) is 0.745. The maximum absolute atomic E-state index is 9.82. The molecule has 0 spiro atoms. The van der Waals surface area contributed by atoms with Crippen LogP contribution in [0, 0.1) is 0 Å². The van der Waals surface area contributed by atoms with Gasteiger partial charge >= 0.3 is 6.47 Å². The van der Waals surface area contributed by atoms with E-state index < -0.39 is 0 Å². The average Bonchev–Trinajstić information content (AvgIpc) is 1.88. The Labute approximate surface area is 64.8 Å². The monoisotopic (exact) mass is 157 g/mol. The lowest BCUT2D eigenvalue weighted by Gasteiger charge is -2.15. The van der Waals surface area contributed by atoms with Crippen LogP contribution in [0.3, 0.4) is 0 Å². The van der Waals surface area contributed by atoms with Crippen LogP contribution < -0.4 is 11.6 Å². The van der Waals surface area contributed by atoms with Crippen molar-refractivity contribution in [2.75, 3.05) is 0 Å². The fourth-order valence-electron chi connectivity index (χ4n) is 0.528. The van der Waals surface area contributed by atoms with Gasteiger partial charge in [-0.1, -0.05) is 6.58 Å². The van der Waals surface area contributed by atoms with E-state index in [1.165, 1.54) is 6.08 Å². The number of nitrogens with zero attached hydrogens (tertiary/aromatic N) is 1. The van der Waals surface area contributed by atoms with E-state index in [0.29, 0.717) is 11.4 Å². The maximum Gasteiger partial charge on any atom is 0.322 e. The molecule has 0 amide bonds. The summed E-state index contributed by atoms with van der Waals surface area (Å²) in [5.41, 5.74) is 6.15. The zero-order valence-electron chi connectivity index (χ0n) is 6.28. The minimum absolute atomic E-state index is 0.201. The molecule has 0 aromatic heterocycles. The Morgan fingerprint density at radius 1 is 1.73 bits per heavy atom. The van der Waals surface area contributed by atoms with E-state index in [0.717, 1.165) is 5.17 Å². The Morgan fingerprint density at radius 3 is 2.55 bits per heavy atom. The Kier molecular flexibility index (Phi) is 3.76. The van der Waals surface area contributed by atoms with Crippen LogP contribution in [0.25, 0.3) is 0 Å². The summed E-state index contributed by atoms with van der Waals surface area (Å²) in [4.78, 5) is 14.1. The average molecular weight is 157 g/mol. The predicted molar refractivity (Wildman–Crippen MR) is 40.3 cm³/mol. The molecule has 0 rings (SSSR count). The maximum atomic E-state index is 9.82. The second-order valence-electron chi connectivity index (χ2n) is 1.80. The summed E-state index contributed by atoms with van der Waals surface area (Å²) in [6.45, 7) is 5.25. The standard InChI is InChI=1S/C6H11N3O2/c1-3-6(5(2)7)9(8)11-4-10/h3-4H,1,7-8H2,2H3/b6-5-. The fourth-order valence-corrected chi connectivity index (χ4v) is 0.528. The van der Waals surface area contributed by atoms with Crippen molar-refractivity contribution in [2.45, 2.75) is 6.92 Å². The minimum atomic E-state index is 0.201. The van der Waals surface area contributed by atoms with E-state index in [2.05, 4.69) is 11.4 Å². The third-order valence-electron chi connectivity index (χ3n) is 0.991. The summed E-state index contributed by atoms with van der Waals surface area (Å²) in [6, 6.07) is 0. The van der Waals surface area contributed by atoms with Crippen molar-refractivity contribution in [1.29, 1.82) is 0 Å². The van der Waals surface area contributed by atoms with Gasteiger partial charge in [0, 0.05) is 5.70 Å². The van der Waals surface area contributed by atoms with Gasteiger partial charge in [0.05, 0.1) is 0 Å². The van der Waals surface area contributed by atoms with Gasteiger partial charge in [-0.15, -0.1) is 5.17 Å². The zero-order chi connectivity index (χ0) is 8.85. The van der Waals surface area contributed by atoms with Crippen LogP contribution in [0.1, 0.15) is 6.92 Å². The van der Waals surface area contributed by atoms with Crippen molar-refractivity contribution in [1.82, 2.24) is 5.17 Å². The predicted octanol–water partition coefficient (Wildman–Crippen LogP) is -0.374. The van der Waals surface area contributed by atoms with Crippen LogP contribution in [0.5, 0.6) is 0 Å². The fraction of sp³-hybridized carbons (Fsp3) is 0.167. The molecule has 0 saturated heterocycles. The molecule has 5 nitrogen and oxygen atoms in total. The van der Waals surface area contributed by atoms with Crippen molar-refractivity contribution < 1.29 is 9.63 Å². The second kappa shape index (κ2) is 4.35. The molecule has 0 aromatic rings. The summed E-state index contributed by atoms with van der Waals surface area (Å²) in [6.07, 6.45) is 1.39. The first-order chi connectivity index (χ1) is 5.13. The van der Waals surface area contributed by atoms with E-state index in [4.69, 9.17) is 11.6 Å². The minimum Gasteiger partial charge on any atom is -0.400 e. The van der Waals surface area contributed by atoms with Crippen molar-refractivity contribution in [3.8, 4) is 0 Å². The third kappa shape index (κ3) is 2.72. The molecule has 0 saturated carbocycles. The number of carbonyl (C=O) groups excluding carboxylic acids is 1. The lowest BCUT2D eigenvalue weighted by molar-refractivity contribution is -0.164. The molecule has 0 fully saturated rings. The number of hydrogen-bond donors (Lipinski definition) is 2. The number of rotatable bonds is 4. The van der Waals surface area contributed by atoms with Gasteiger partial charge in [-0.05, 0) is 13.0 Å². The lowest BCUT2D eigenvalue weighted by Crippen LogP contribution is -2.30. The summed E-state index contributed by atoms with van der Waals surface area (Å²) >= 11 is 0. The summed E-state index contributed by atoms with van der Waals surface area (Å²) in [5.74, 6) is 5.21. The van der Waals surface area contributed by atoms with Gasteiger partial charge in [0.25, 0.3) is 0 Å². The molecule has 0 aromatic carbocycles. The second-order valence-corrected chi connectivity index (χ2v) is 1.80. The van der Waals surface area contributed by atoms with Crippen LogP contribution in [0.15, 0.2) is 24.0 Å². The first kappa shape index (κ1) is 9.51. The first-order valence-corrected chi connectivity index (χ1v) is 2.87. The van der Waals surface area contributed by atoms with Gasteiger partial charge in [-0.25, -0.2) is 5.84 Å². The molecule has 0 atom stereocenters. The lowest BCUT2D eigenvalue weighted by atomic mass is 10.3. The van der Waals surface area contributed by atoms with E-state index in [-0.39, 0.29) is 6.47 Å². The summed E-state index contributed by atoms with van der Waals surface area (Å²) < 4.78 is 0. The Bertz CT molecular complexity index is 184. The topological polar surface area (TPSA) is 81.6 Å². The number of hydrogen-bond acceptors (Lipinski definition) is 5. The third-order valence-corrected chi connectivity index (χ3v) is 0.991. The van der Waals surface area contributed by atoms with Crippen LogP contribution in [0.2, 0.25) is 0 Å². The highest BCUT2D eigenvalue weighted by atomic mass is 16.7. The molecule has 0 aliphatic carbocycles. The molecular formula is C6H11N3O2. The van der Waals surface area contributed by atoms with E-state index >= 15 is 0 Å². The van der Waals surface area contributed by atoms with E-state index in [1.54, 1.807) is 6.92 Å². The van der Waals surface area contributed by atoms with Gasteiger partial charge in [-0.2, -0.15) is 0 Å². The van der Waals surface area contributed by atoms with Crippen LogP contribution in [0.4, 0.5) is 0 Å². The quantitative estimate of drug-likeness (QED) is 0.252. The molecule has 11 heavy (non-hydrogen) atoms. The van der Waals surface area contributed by atoms with Crippen LogP contribution >= 0.6 is 0 Å². The number of carbonyl (C=O) groups is 1. The van der Waals surface area contributed by atoms with E-state index in [1.807, 2.05) is 0 Å². The largest absolute Gasteiger partial charge is 0.400 e. The normalized spacial score (nSPS) is 11.5. The molecule has 0 aliphatic heterocycles. The molecular weight excluding hydrogens is 146 g/mol. The Hall–Kier alpha value is -1.49. The Morgan fingerprint density at radius 2 is 2.27 bits per heavy atom. The highest BCUT2D eigenvalue weighted by Crippen LogP contribution is 2.02. The van der Waals surface area contributed by atoms with Gasteiger partial charge in [0.1, 0.15) is 5.70 Å². The molecule has 62 valence electrons. The molecule has 0 radical (unpaired) electrons. The SMILES string of the molecule is C=C/C(=C(\C)N)N(N)OC=O.